The summed E-state index contributed by atoms with van der Waals surface area (Å²) in [4.78, 5) is 17.7. The Balaban J connectivity index is 1.49. The largest absolute Gasteiger partial charge is 0.493 e. The number of carbonyl (C=O) groups is 1. The molecule has 1 fully saturated rings. The SMILES string of the molecule is COc1cc(/C=C2\SC(=Nc3cc(C)c(Br)c(C)c3)NC2=O)ccc1OCc1ccc(C)cc1. The lowest BCUT2D eigenvalue weighted by Gasteiger charge is -2.11. The molecule has 34 heavy (non-hydrogen) atoms. The van der Waals surface area contributed by atoms with Gasteiger partial charge >= 0.3 is 0 Å². The average Bonchev–Trinajstić information content (AvgIpc) is 3.15. The second-order valence-electron chi connectivity index (χ2n) is 8.06. The Hall–Kier alpha value is -3.03. The molecule has 3 aromatic rings. The van der Waals surface area contributed by atoms with Crippen molar-refractivity contribution < 1.29 is 14.3 Å². The molecule has 3 aromatic carbocycles. The van der Waals surface area contributed by atoms with Gasteiger partial charge in [-0.15, -0.1) is 0 Å². The smallest absolute Gasteiger partial charge is 0.264 e. The highest BCUT2D eigenvalue weighted by Gasteiger charge is 2.24. The number of aryl methyl sites for hydroxylation is 3. The van der Waals surface area contributed by atoms with Crippen molar-refractivity contribution in [1.82, 2.24) is 5.32 Å². The average molecular weight is 537 g/mol. The van der Waals surface area contributed by atoms with Crippen LogP contribution in [0.15, 0.2) is 69.0 Å². The molecule has 0 atom stereocenters. The molecule has 4 rings (SSSR count). The highest BCUT2D eigenvalue weighted by atomic mass is 79.9. The van der Waals surface area contributed by atoms with Crippen LogP contribution in [-0.2, 0) is 11.4 Å². The van der Waals surface area contributed by atoms with Crippen LogP contribution in [-0.4, -0.2) is 18.2 Å². The lowest BCUT2D eigenvalue weighted by atomic mass is 10.1. The second-order valence-corrected chi connectivity index (χ2v) is 9.88. The highest BCUT2D eigenvalue weighted by molar-refractivity contribution is 9.10. The zero-order valence-corrected chi connectivity index (χ0v) is 21.8. The molecule has 1 N–H and O–H groups in total. The first-order chi connectivity index (χ1) is 16.3. The molecule has 0 aliphatic carbocycles. The number of amidine groups is 1. The van der Waals surface area contributed by atoms with E-state index >= 15 is 0 Å². The van der Waals surface area contributed by atoms with Crippen molar-refractivity contribution in [3.8, 4) is 11.5 Å². The number of benzene rings is 3. The Morgan fingerprint density at radius 2 is 1.71 bits per heavy atom. The van der Waals surface area contributed by atoms with Crippen LogP contribution in [0.1, 0.15) is 27.8 Å². The number of amides is 1. The van der Waals surface area contributed by atoms with Crippen LogP contribution in [0.3, 0.4) is 0 Å². The van der Waals surface area contributed by atoms with Crippen LogP contribution in [0.25, 0.3) is 6.08 Å². The monoisotopic (exact) mass is 536 g/mol. The zero-order valence-electron chi connectivity index (χ0n) is 19.4. The van der Waals surface area contributed by atoms with E-state index in [4.69, 9.17) is 9.47 Å². The van der Waals surface area contributed by atoms with Gasteiger partial charge in [0.05, 0.1) is 17.7 Å². The maximum absolute atomic E-state index is 12.5. The third kappa shape index (κ3) is 5.72. The van der Waals surface area contributed by atoms with Crippen molar-refractivity contribution >= 4 is 50.5 Å². The predicted molar refractivity (Wildman–Crippen MR) is 143 cm³/mol. The van der Waals surface area contributed by atoms with Gasteiger partial charge in [-0.05, 0) is 85.1 Å². The number of ether oxygens (including phenoxy) is 2. The van der Waals surface area contributed by atoms with Gasteiger partial charge in [-0.3, -0.25) is 4.79 Å². The molecule has 1 amide bonds. The first-order valence-electron chi connectivity index (χ1n) is 10.7. The summed E-state index contributed by atoms with van der Waals surface area (Å²) >= 11 is 4.89. The molecule has 1 aliphatic rings. The van der Waals surface area contributed by atoms with Crippen molar-refractivity contribution in [2.75, 3.05) is 7.11 Å². The Morgan fingerprint density at radius 3 is 2.38 bits per heavy atom. The fraction of sp³-hybridized carbons (Fsp3) is 0.185. The minimum atomic E-state index is -0.173. The van der Waals surface area contributed by atoms with Crippen LogP contribution >= 0.6 is 27.7 Å². The molecular formula is C27H25BrN2O3S. The van der Waals surface area contributed by atoms with Crippen molar-refractivity contribution in [2.24, 2.45) is 4.99 Å². The van der Waals surface area contributed by atoms with Gasteiger partial charge in [-0.25, -0.2) is 4.99 Å². The van der Waals surface area contributed by atoms with E-state index in [1.54, 1.807) is 7.11 Å². The summed E-state index contributed by atoms with van der Waals surface area (Å²) in [6, 6.07) is 17.8. The van der Waals surface area contributed by atoms with Gasteiger partial charge in [0.2, 0.25) is 0 Å². The summed E-state index contributed by atoms with van der Waals surface area (Å²) in [5, 5.41) is 3.40. The number of rotatable bonds is 6. The standard InChI is InChI=1S/C27H25BrN2O3S/c1-16-5-7-19(8-6-16)15-33-22-10-9-20(13-23(22)32-4)14-24-26(31)30-27(34-24)29-21-11-17(2)25(28)18(3)12-21/h5-14H,15H2,1-4H3,(H,29,30,31)/b24-14-. The molecule has 0 spiro atoms. The van der Waals surface area contributed by atoms with Gasteiger partial charge in [0, 0.05) is 4.47 Å². The number of methoxy groups -OCH3 is 1. The van der Waals surface area contributed by atoms with Crippen molar-refractivity contribution in [3.05, 3.63) is 91.8 Å². The Labute approximate surface area is 212 Å². The van der Waals surface area contributed by atoms with E-state index in [9.17, 15) is 4.79 Å². The molecule has 1 saturated heterocycles. The van der Waals surface area contributed by atoms with Crippen LogP contribution in [0.5, 0.6) is 11.5 Å². The van der Waals surface area contributed by atoms with E-state index in [1.165, 1.54) is 17.3 Å². The van der Waals surface area contributed by atoms with Gasteiger partial charge in [-0.1, -0.05) is 51.8 Å². The minimum Gasteiger partial charge on any atom is -0.493 e. The molecule has 174 valence electrons. The maximum atomic E-state index is 12.5. The number of hydrogen-bond donors (Lipinski definition) is 1. The summed E-state index contributed by atoms with van der Waals surface area (Å²) in [7, 11) is 1.61. The third-order valence-electron chi connectivity index (χ3n) is 5.30. The maximum Gasteiger partial charge on any atom is 0.264 e. The molecule has 1 aliphatic heterocycles. The van der Waals surface area contributed by atoms with Gasteiger partial charge < -0.3 is 14.8 Å². The number of halogens is 1. The van der Waals surface area contributed by atoms with Gasteiger partial charge in [-0.2, -0.15) is 0 Å². The number of hydrogen-bond acceptors (Lipinski definition) is 5. The van der Waals surface area contributed by atoms with Gasteiger partial charge in [0.25, 0.3) is 5.91 Å². The number of thioether (sulfide) groups is 1. The minimum absolute atomic E-state index is 0.173. The highest BCUT2D eigenvalue weighted by Crippen LogP contribution is 2.33. The van der Waals surface area contributed by atoms with Crippen LogP contribution in [0, 0.1) is 20.8 Å². The lowest BCUT2D eigenvalue weighted by Crippen LogP contribution is -2.19. The van der Waals surface area contributed by atoms with Crippen molar-refractivity contribution in [1.29, 1.82) is 0 Å². The molecule has 7 heteroatoms. The molecule has 0 bridgehead atoms. The summed E-state index contributed by atoms with van der Waals surface area (Å²) in [5.74, 6) is 1.09. The Kier molecular flexibility index (Phi) is 7.44. The van der Waals surface area contributed by atoms with Gasteiger partial charge in [0.15, 0.2) is 16.7 Å². The molecule has 0 aromatic heterocycles. The first-order valence-corrected chi connectivity index (χ1v) is 12.4. The predicted octanol–water partition coefficient (Wildman–Crippen LogP) is 6.85. The van der Waals surface area contributed by atoms with E-state index in [2.05, 4.69) is 45.3 Å². The van der Waals surface area contributed by atoms with Crippen molar-refractivity contribution in [3.63, 3.8) is 0 Å². The van der Waals surface area contributed by atoms with Crippen LogP contribution in [0.2, 0.25) is 0 Å². The first kappa shape index (κ1) is 24.1. The third-order valence-corrected chi connectivity index (χ3v) is 7.46. The summed E-state index contributed by atoms with van der Waals surface area (Å²) < 4.78 is 12.6. The van der Waals surface area contributed by atoms with Crippen LogP contribution in [0.4, 0.5) is 5.69 Å². The topological polar surface area (TPSA) is 59.9 Å². The molecule has 0 saturated carbocycles. The normalized spacial score (nSPS) is 15.6. The molecular weight excluding hydrogens is 512 g/mol. The molecule has 5 nitrogen and oxygen atoms in total. The lowest BCUT2D eigenvalue weighted by molar-refractivity contribution is -0.115. The number of carbonyl (C=O) groups excluding carboxylic acids is 1. The van der Waals surface area contributed by atoms with E-state index in [0.717, 1.165) is 32.4 Å². The van der Waals surface area contributed by atoms with E-state index in [1.807, 2.05) is 62.4 Å². The summed E-state index contributed by atoms with van der Waals surface area (Å²) in [5.41, 5.74) is 6.14. The van der Waals surface area contributed by atoms with E-state index in [0.29, 0.717) is 28.2 Å². The summed E-state index contributed by atoms with van der Waals surface area (Å²) in [6.07, 6.45) is 1.83. The number of nitrogens with one attached hydrogen (secondary N) is 1. The number of aliphatic imine (C=N–C) groups is 1. The molecule has 0 radical (unpaired) electrons. The number of nitrogens with zero attached hydrogens (tertiary/aromatic N) is 1. The van der Waals surface area contributed by atoms with Crippen LogP contribution < -0.4 is 14.8 Å². The van der Waals surface area contributed by atoms with Gasteiger partial charge in [0.1, 0.15) is 6.61 Å². The fourth-order valence-corrected chi connectivity index (χ4v) is 4.55. The Bertz CT molecular complexity index is 1280. The molecule has 0 unspecified atom stereocenters. The summed E-state index contributed by atoms with van der Waals surface area (Å²) in [6.45, 7) is 6.55. The second kappa shape index (κ2) is 10.5. The Morgan fingerprint density at radius 1 is 1.00 bits per heavy atom. The van der Waals surface area contributed by atoms with E-state index in [-0.39, 0.29) is 5.91 Å². The van der Waals surface area contributed by atoms with E-state index < -0.39 is 0 Å². The van der Waals surface area contributed by atoms with Crippen molar-refractivity contribution in [2.45, 2.75) is 27.4 Å². The fourth-order valence-electron chi connectivity index (χ4n) is 3.48. The molecule has 1 heterocycles. The quantitative estimate of drug-likeness (QED) is 0.350. The zero-order chi connectivity index (χ0) is 24.2.